The molecular weight excluding hydrogens is 596 g/mol. The summed E-state index contributed by atoms with van der Waals surface area (Å²) in [5.74, 6) is -0.869. The number of rotatable bonds is 6. The van der Waals surface area contributed by atoms with Gasteiger partial charge in [-0.15, -0.1) is 0 Å². The number of carboxylic acids is 1. The van der Waals surface area contributed by atoms with Crippen LogP contribution in [0.3, 0.4) is 0 Å². The number of anilines is 5. The predicted octanol–water partition coefficient (Wildman–Crippen LogP) is 6.15. The molecule has 10 nitrogen and oxygen atoms in total. The number of hydrogen-bond donors (Lipinski definition) is 3. The monoisotopic (exact) mass is 622 g/mol. The highest BCUT2D eigenvalue weighted by molar-refractivity contribution is 6.33. The van der Waals surface area contributed by atoms with Gasteiger partial charge in [0.1, 0.15) is 11.6 Å². The molecule has 4 aromatic rings. The van der Waals surface area contributed by atoms with Crippen LogP contribution in [0.15, 0.2) is 60.8 Å². The van der Waals surface area contributed by atoms with Crippen molar-refractivity contribution in [3.8, 4) is 5.69 Å². The lowest BCUT2D eigenvalue weighted by Crippen LogP contribution is -2.44. The SMILES string of the molecule is Cc1cc(Nc2ccnc(Nc3ccc(N4CCN(C)CC4)c(Cl)c3)n2)n(-c2ccc(Cl)cc2)n1.O=C(O)C(F)(F)F. The molecule has 0 radical (unpaired) electrons. The lowest BCUT2D eigenvalue weighted by molar-refractivity contribution is -0.192. The molecule has 1 aliphatic rings. The first-order valence-electron chi connectivity index (χ1n) is 12.6. The van der Waals surface area contributed by atoms with Crippen LogP contribution in [0.5, 0.6) is 0 Å². The molecule has 1 fully saturated rings. The van der Waals surface area contributed by atoms with E-state index in [0.29, 0.717) is 21.8 Å². The Morgan fingerprint density at radius 1 is 0.976 bits per heavy atom. The second kappa shape index (κ2) is 13.3. The van der Waals surface area contributed by atoms with Crippen molar-refractivity contribution < 1.29 is 23.1 Å². The molecule has 0 unspecified atom stereocenters. The lowest BCUT2D eigenvalue weighted by Gasteiger charge is -2.34. The molecule has 0 bridgehead atoms. The van der Waals surface area contributed by atoms with Gasteiger partial charge >= 0.3 is 12.1 Å². The van der Waals surface area contributed by atoms with Crippen LogP contribution in [0, 0.1) is 6.92 Å². The minimum atomic E-state index is -5.08. The fraction of sp³-hybridized carbons (Fsp3) is 0.259. The molecule has 0 spiro atoms. The van der Waals surface area contributed by atoms with Crippen molar-refractivity contribution in [2.45, 2.75) is 13.1 Å². The largest absolute Gasteiger partial charge is 0.490 e. The van der Waals surface area contributed by atoms with Crippen molar-refractivity contribution in [3.05, 3.63) is 76.5 Å². The molecule has 0 atom stereocenters. The molecule has 0 saturated carbocycles. The van der Waals surface area contributed by atoms with Crippen LogP contribution in [0.25, 0.3) is 5.69 Å². The van der Waals surface area contributed by atoms with Crippen molar-refractivity contribution in [1.82, 2.24) is 24.6 Å². The Morgan fingerprint density at radius 2 is 1.64 bits per heavy atom. The molecule has 1 saturated heterocycles. The number of benzene rings is 2. The normalized spacial score (nSPS) is 13.7. The van der Waals surface area contributed by atoms with Crippen LogP contribution in [0.4, 0.5) is 42.1 Å². The number of alkyl halides is 3. The van der Waals surface area contributed by atoms with Crippen molar-refractivity contribution in [3.63, 3.8) is 0 Å². The Hall–Kier alpha value is -4.07. The molecule has 3 heterocycles. The summed E-state index contributed by atoms with van der Waals surface area (Å²) in [4.78, 5) is 22.5. The van der Waals surface area contributed by atoms with E-state index in [0.717, 1.165) is 54.8 Å². The summed E-state index contributed by atoms with van der Waals surface area (Å²) in [6.45, 7) is 5.93. The van der Waals surface area contributed by atoms with Gasteiger partial charge in [0, 0.05) is 49.2 Å². The van der Waals surface area contributed by atoms with E-state index < -0.39 is 12.1 Å². The van der Waals surface area contributed by atoms with Crippen molar-refractivity contribution in [1.29, 1.82) is 0 Å². The van der Waals surface area contributed by atoms with Crippen LogP contribution in [0.2, 0.25) is 10.0 Å². The van der Waals surface area contributed by atoms with Gasteiger partial charge in [0.15, 0.2) is 0 Å². The molecule has 0 amide bonds. The maximum absolute atomic E-state index is 10.6. The number of carbonyl (C=O) groups is 1. The highest BCUT2D eigenvalue weighted by atomic mass is 35.5. The van der Waals surface area contributed by atoms with Crippen molar-refractivity contribution in [2.75, 3.05) is 48.8 Å². The van der Waals surface area contributed by atoms with Gasteiger partial charge in [-0.25, -0.2) is 14.5 Å². The van der Waals surface area contributed by atoms with Crippen LogP contribution in [0.1, 0.15) is 5.69 Å². The van der Waals surface area contributed by atoms with Crippen LogP contribution >= 0.6 is 23.2 Å². The second-order valence-corrected chi connectivity index (χ2v) is 10.2. The fourth-order valence-corrected chi connectivity index (χ4v) is 4.43. The van der Waals surface area contributed by atoms with Crippen LogP contribution < -0.4 is 15.5 Å². The zero-order valence-corrected chi connectivity index (χ0v) is 24.0. The number of aryl methyl sites for hydroxylation is 1. The number of hydrogen-bond acceptors (Lipinski definition) is 8. The third-order valence-electron chi connectivity index (χ3n) is 6.10. The van der Waals surface area contributed by atoms with Gasteiger partial charge in [-0.3, -0.25) is 0 Å². The number of nitrogens with one attached hydrogen (secondary N) is 2. The Morgan fingerprint density at radius 3 is 2.26 bits per heavy atom. The van der Waals surface area contributed by atoms with Crippen molar-refractivity contribution >= 4 is 58.1 Å². The number of halogens is 5. The standard InChI is InChI=1S/C25H26Cl2N8.C2HF3O2/c1-17-15-24(35(32-17)20-6-3-18(26)4-7-20)30-23-9-10-28-25(31-23)29-19-5-8-22(21(27)16-19)34-13-11-33(2)12-14-34;3-2(4,5)1(6)7/h3-10,15-16H,11-14H2,1-2H3,(H2,28,29,30,31);(H,6,7). The number of nitrogens with zero attached hydrogens (tertiary/aromatic N) is 6. The summed E-state index contributed by atoms with van der Waals surface area (Å²) >= 11 is 12.7. The van der Waals surface area contributed by atoms with E-state index in [9.17, 15) is 13.2 Å². The number of aromatic nitrogens is 4. The van der Waals surface area contributed by atoms with E-state index in [1.807, 2.05) is 66.2 Å². The molecule has 2 aromatic carbocycles. The molecule has 1 aliphatic heterocycles. The van der Waals surface area contributed by atoms with Gasteiger partial charge in [-0.1, -0.05) is 23.2 Å². The molecule has 5 rings (SSSR count). The molecule has 0 aliphatic carbocycles. The summed E-state index contributed by atoms with van der Waals surface area (Å²) in [6.07, 6.45) is -3.38. The molecule has 2 aromatic heterocycles. The van der Waals surface area contributed by atoms with Crippen LogP contribution in [-0.2, 0) is 4.79 Å². The summed E-state index contributed by atoms with van der Waals surface area (Å²) in [5, 5.41) is 19.7. The Labute approximate surface area is 249 Å². The lowest BCUT2D eigenvalue weighted by atomic mass is 10.2. The van der Waals surface area contributed by atoms with Gasteiger partial charge in [0.2, 0.25) is 5.95 Å². The third kappa shape index (κ3) is 8.24. The maximum Gasteiger partial charge on any atom is 0.490 e. The number of piperazine rings is 1. The van der Waals surface area contributed by atoms with Gasteiger partial charge in [0.05, 0.1) is 22.1 Å². The van der Waals surface area contributed by atoms with Crippen molar-refractivity contribution in [2.24, 2.45) is 0 Å². The first kappa shape index (κ1) is 30.9. The minimum Gasteiger partial charge on any atom is -0.475 e. The summed E-state index contributed by atoms with van der Waals surface area (Å²) < 4.78 is 33.6. The van der Waals surface area contributed by atoms with Gasteiger partial charge in [-0.2, -0.15) is 23.3 Å². The Balaban J connectivity index is 0.000000517. The zero-order valence-electron chi connectivity index (χ0n) is 22.5. The first-order chi connectivity index (χ1) is 19.9. The number of likely N-dealkylation sites (N-methyl/N-ethyl adjacent to an activating group) is 1. The van der Waals surface area contributed by atoms with E-state index in [1.165, 1.54) is 0 Å². The summed E-state index contributed by atoms with van der Waals surface area (Å²) in [7, 11) is 2.14. The quantitative estimate of drug-likeness (QED) is 0.233. The van der Waals surface area contributed by atoms with Crippen LogP contribution in [-0.4, -0.2) is 75.1 Å². The van der Waals surface area contributed by atoms with E-state index in [-0.39, 0.29) is 0 Å². The first-order valence-corrected chi connectivity index (χ1v) is 13.4. The van der Waals surface area contributed by atoms with Gasteiger partial charge < -0.3 is 25.5 Å². The highest BCUT2D eigenvalue weighted by Gasteiger charge is 2.38. The van der Waals surface area contributed by atoms with Gasteiger partial charge in [0.25, 0.3) is 0 Å². The zero-order chi connectivity index (χ0) is 30.4. The van der Waals surface area contributed by atoms with E-state index >= 15 is 0 Å². The minimum absolute atomic E-state index is 0.465. The Bertz CT molecular complexity index is 1520. The summed E-state index contributed by atoms with van der Waals surface area (Å²) in [5.41, 5.74) is 3.65. The van der Waals surface area contributed by atoms with E-state index in [4.69, 9.17) is 33.1 Å². The maximum atomic E-state index is 10.6. The highest BCUT2D eigenvalue weighted by Crippen LogP contribution is 2.31. The molecule has 42 heavy (non-hydrogen) atoms. The molecule has 3 N–H and O–H groups in total. The molecular formula is C27H27Cl2F3N8O2. The number of carboxylic acid groups (broad SMARTS) is 1. The number of aliphatic carboxylic acids is 1. The van der Waals surface area contributed by atoms with E-state index in [2.05, 4.69) is 42.5 Å². The third-order valence-corrected chi connectivity index (χ3v) is 6.66. The molecule has 222 valence electrons. The van der Waals surface area contributed by atoms with Gasteiger partial charge in [-0.05, 0) is 62.5 Å². The summed E-state index contributed by atoms with van der Waals surface area (Å²) in [6, 6.07) is 17.2. The average molecular weight is 623 g/mol. The fourth-order valence-electron chi connectivity index (χ4n) is 4.00. The predicted molar refractivity (Wildman–Crippen MR) is 157 cm³/mol. The van der Waals surface area contributed by atoms with E-state index in [1.54, 1.807) is 6.20 Å². The molecule has 15 heteroatoms. The smallest absolute Gasteiger partial charge is 0.475 e. The second-order valence-electron chi connectivity index (χ2n) is 9.33. The average Bonchev–Trinajstić information content (AvgIpc) is 3.29. The topological polar surface area (TPSA) is 111 Å². The Kier molecular flexibility index (Phi) is 9.76.